The number of aliphatic hydroxyl groups is 1. The molecular weight excluding hydrogens is 302 g/mol. The van der Waals surface area contributed by atoms with Crippen molar-refractivity contribution >= 4 is 10.0 Å². The minimum Gasteiger partial charge on any atom is -0.389 e. The van der Waals surface area contributed by atoms with Crippen LogP contribution in [0.5, 0.6) is 0 Å². The van der Waals surface area contributed by atoms with Crippen molar-refractivity contribution in [3.05, 3.63) is 29.8 Å². The van der Waals surface area contributed by atoms with E-state index in [1.807, 2.05) is 20.8 Å². The average Bonchev–Trinajstić information content (AvgIpc) is 2.69. The van der Waals surface area contributed by atoms with Crippen LogP contribution in [0.3, 0.4) is 0 Å². The van der Waals surface area contributed by atoms with E-state index in [-0.39, 0.29) is 30.0 Å². The number of hydrogen-bond acceptors (Lipinski definition) is 4. The zero-order valence-corrected chi connectivity index (χ0v) is 14.2. The fourth-order valence-corrected chi connectivity index (χ4v) is 4.39. The Morgan fingerprint density at radius 3 is 2.55 bits per heavy atom. The van der Waals surface area contributed by atoms with Gasteiger partial charge in [0.15, 0.2) is 0 Å². The van der Waals surface area contributed by atoms with Crippen LogP contribution in [0.25, 0.3) is 0 Å². The van der Waals surface area contributed by atoms with Crippen LogP contribution in [-0.4, -0.2) is 49.7 Å². The number of nitrogens with zero attached hydrogens (tertiary/aromatic N) is 1. The Kier molecular flexibility index (Phi) is 5.60. The highest BCUT2D eigenvalue weighted by atomic mass is 32.2. The molecule has 124 valence electrons. The van der Waals surface area contributed by atoms with Crippen LogP contribution in [0.1, 0.15) is 25.8 Å². The molecule has 1 fully saturated rings. The highest BCUT2D eigenvalue weighted by Crippen LogP contribution is 2.26. The second-order valence-corrected chi connectivity index (χ2v) is 7.92. The largest absolute Gasteiger partial charge is 0.389 e. The molecule has 1 N–H and O–H groups in total. The topological polar surface area (TPSA) is 66.8 Å². The molecule has 0 aromatic heterocycles. The first-order valence-corrected chi connectivity index (χ1v) is 9.14. The summed E-state index contributed by atoms with van der Waals surface area (Å²) in [5.74, 6) is 0.158. The summed E-state index contributed by atoms with van der Waals surface area (Å²) in [6.45, 7) is 6.53. The third-order valence-electron chi connectivity index (χ3n) is 4.29. The van der Waals surface area contributed by atoms with Crippen molar-refractivity contribution in [3.63, 3.8) is 0 Å². The maximum absolute atomic E-state index is 13.0. The van der Waals surface area contributed by atoms with E-state index >= 15 is 0 Å². The Balaban J connectivity index is 2.40. The van der Waals surface area contributed by atoms with Gasteiger partial charge in [-0.3, -0.25) is 0 Å². The highest BCUT2D eigenvalue weighted by molar-refractivity contribution is 7.89. The molecular formula is C16H25NO4S. The summed E-state index contributed by atoms with van der Waals surface area (Å²) in [6.07, 6.45) is 0.0543. The number of aryl methyl sites for hydroxylation is 1. The fourth-order valence-electron chi connectivity index (χ4n) is 2.65. The molecule has 0 amide bonds. The first-order chi connectivity index (χ1) is 10.4. The van der Waals surface area contributed by atoms with Gasteiger partial charge >= 0.3 is 0 Å². The Morgan fingerprint density at radius 2 is 1.95 bits per heavy atom. The van der Waals surface area contributed by atoms with E-state index in [1.54, 1.807) is 24.3 Å². The zero-order chi connectivity index (χ0) is 16.3. The predicted molar refractivity (Wildman–Crippen MR) is 85.1 cm³/mol. The molecule has 0 radical (unpaired) electrons. The number of benzene rings is 1. The number of β-amino-alcohol motifs (C(OH)–C–C–N with tert-alkyl or cyclic N) is 1. The van der Waals surface area contributed by atoms with Crippen LogP contribution >= 0.6 is 0 Å². The zero-order valence-electron chi connectivity index (χ0n) is 13.4. The van der Waals surface area contributed by atoms with Crippen molar-refractivity contribution in [2.75, 3.05) is 19.8 Å². The van der Waals surface area contributed by atoms with Crippen molar-refractivity contribution < 1.29 is 18.3 Å². The Hall–Kier alpha value is -0.950. The number of rotatable bonds is 4. The summed E-state index contributed by atoms with van der Waals surface area (Å²) in [4.78, 5) is 0.264. The SMILES string of the molecule is CCC(C)[C@H]1COC[C@@H](O)CN1S(=O)(=O)c1ccc(C)cc1. The first-order valence-electron chi connectivity index (χ1n) is 7.70. The summed E-state index contributed by atoms with van der Waals surface area (Å²) in [5, 5.41) is 9.96. The van der Waals surface area contributed by atoms with Crippen LogP contribution in [0.2, 0.25) is 0 Å². The molecule has 5 nitrogen and oxygen atoms in total. The van der Waals surface area contributed by atoms with Gasteiger partial charge in [-0.05, 0) is 25.0 Å². The van der Waals surface area contributed by atoms with Gasteiger partial charge < -0.3 is 9.84 Å². The molecule has 1 saturated heterocycles. The van der Waals surface area contributed by atoms with Crippen LogP contribution in [0.15, 0.2) is 29.2 Å². The minimum atomic E-state index is -3.65. The molecule has 1 aromatic carbocycles. The van der Waals surface area contributed by atoms with Gasteiger partial charge in [-0.25, -0.2) is 8.42 Å². The normalized spacial score (nSPS) is 25.6. The Labute approximate surface area is 133 Å². The number of ether oxygens (including phenoxy) is 1. The lowest BCUT2D eigenvalue weighted by molar-refractivity contribution is 0.0507. The van der Waals surface area contributed by atoms with Gasteiger partial charge in [-0.1, -0.05) is 38.0 Å². The molecule has 1 unspecified atom stereocenters. The molecule has 1 aliphatic heterocycles. The molecule has 0 saturated carbocycles. The molecule has 0 bridgehead atoms. The van der Waals surface area contributed by atoms with Crippen molar-refractivity contribution in [2.24, 2.45) is 5.92 Å². The van der Waals surface area contributed by atoms with E-state index in [2.05, 4.69) is 0 Å². The molecule has 0 aliphatic carbocycles. The summed E-state index contributed by atoms with van der Waals surface area (Å²) in [6, 6.07) is 6.56. The summed E-state index contributed by atoms with van der Waals surface area (Å²) in [7, 11) is -3.65. The number of aliphatic hydroxyl groups excluding tert-OH is 1. The van der Waals surface area contributed by atoms with Crippen LogP contribution in [-0.2, 0) is 14.8 Å². The lowest BCUT2D eigenvalue weighted by Crippen LogP contribution is -2.47. The smallest absolute Gasteiger partial charge is 0.243 e. The average molecular weight is 327 g/mol. The summed E-state index contributed by atoms with van der Waals surface area (Å²) in [5.41, 5.74) is 1.01. The number of sulfonamides is 1. The molecule has 6 heteroatoms. The van der Waals surface area contributed by atoms with Crippen LogP contribution in [0.4, 0.5) is 0 Å². The summed E-state index contributed by atoms with van der Waals surface area (Å²) >= 11 is 0. The van der Waals surface area contributed by atoms with Gasteiger partial charge in [-0.2, -0.15) is 4.31 Å². The van der Waals surface area contributed by atoms with Crippen LogP contribution in [0, 0.1) is 12.8 Å². The van der Waals surface area contributed by atoms with Crippen molar-refractivity contribution in [1.29, 1.82) is 0 Å². The highest BCUT2D eigenvalue weighted by Gasteiger charge is 2.37. The second-order valence-electron chi connectivity index (χ2n) is 6.03. The van der Waals surface area contributed by atoms with Crippen molar-refractivity contribution in [2.45, 2.75) is 44.2 Å². The van der Waals surface area contributed by atoms with E-state index in [0.717, 1.165) is 12.0 Å². The molecule has 1 aliphatic rings. The summed E-state index contributed by atoms with van der Waals surface area (Å²) < 4.78 is 32.9. The maximum Gasteiger partial charge on any atom is 0.243 e. The van der Waals surface area contributed by atoms with Gasteiger partial charge in [0, 0.05) is 6.54 Å². The van der Waals surface area contributed by atoms with Gasteiger partial charge in [0.25, 0.3) is 0 Å². The first kappa shape index (κ1) is 17.4. The molecule has 1 aromatic rings. The van der Waals surface area contributed by atoms with Gasteiger partial charge in [0.2, 0.25) is 10.0 Å². The second kappa shape index (κ2) is 7.08. The van der Waals surface area contributed by atoms with E-state index in [1.165, 1.54) is 4.31 Å². The lowest BCUT2D eigenvalue weighted by Gasteiger charge is -2.32. The standard InChI is InChI=1S/C16H25NO4S/c1-4-13(3)16-11-21-10-14(18)9-17(16)22(19,20)15-7-5-12(2)6-8-15/h5-8,13-14,16,18H,4,9-11H2,1-3H3/t13?,14-,16+/m0/s1. The predicted octanol–water partition coefficient (Wildman–Crippen LogP) is 1.79. The van der Waals surface area contributed by atoms with Gasteiger partial charge in [-0.15, -0.1) is 0 Å². The monoisotopic (exact) mass is 327 g/mol. The van der Waals surface area contributed by atoms with Crippen molar-refractivity contribution in [3.8, 4) is 0 Å². The van der Waals surface area contributed by atoms with Crippen molar-refractivity contribution in [1.82, 2.24) is 4.31 Å². The van der Waals surface area contributed by atoms with E-state index in [9.17, 15) is 13.5 Å². The molecule has 22 heavy (non-hydrogen) atoms. The molecule has 2 rings (SSSR count). The van der Waals surface area contributed by atoms with E-state index in [4.69, 9.17) is 4.74 Å². The van der Waals surface area contributed by atoms with Gasteiger partial charge in [0.1, 0.15) is 0 Å². The fraction of sp³-hybridized carbons (Fsp3) is 0.625. The molecule has 3 atom stereocenters. The van der Waals surface area contributed by atoms with Crippen LogP contribution < -0.4 is 0 Å². The molecule has 1 heterocycles. The maximum atomic E-state index is 13.0. The third-order valence-corrected chi connectivity index (χ3v) is 6.19. The quantitative estimate of drug-likeness (QED) is 0.915. The Morgan fingerprint density at radius 1 is 1.32 bits per heavy atom. The van der Waals surface area contributed by atoms with E-state index in [0.29, 0.717) is 6.61 Å². The minimum absolute atomic E-state index is 0.0746. The lowest BCUT2D eigenvalue weighted by atomic mass is 10.00. The number of hydrogen-bond donors (Lipinski definition) is 1. The Bertz CT molecular complexity index is 585. The third kappa shape index (κ3) is 3.68. The molecule has 0 spiro atoms. The van der Waals surface area contributed by atoms with E-state index < -0.39 is 16.1 Å². The van der Waals surface area contributed by atoms with Gasteiger partial charge in [0.05, 0.1) is 30.3 Å².